The van der Waals surface area contributed by atoms with Gasteiger partial charge in [0.1, 0.15) is 5.69 Å². The molecule has 2 rings (SSSR count). The molecular weight excluding hydrogens is 202 g/mol. The van der Waals surface area contributed by atoms with Crippen molar-refractivity contribution in [2.24, 2.45) is 0 Å². The summed E-state index contributed by atoms with van der Waals surface area (Å²) in [5, 5.41) is 0. The minimum absolute atomic E-state index is 0.200. The molecule has 0 bridgehead atoms. The van der Waals surface area contributed by atoms with Crippen molar-refractivity contribution in [3.05, 3.63) is 53.6 Å². The van der Waals surface area contributed by atoms with Gasteiger partial charge in [-0.15, -0.1) is 0 Å². The first-order valence-electron chi connectivity index (χ1n) is 4.85. The van der Waals surface area contributed by atoms with Crippen LogP contribution in [0.1, 0.15) is 21.6 Å². The van der Waals surface area contributed by atoms with E-state index in [9.17, 15) is 4.79 Å². The smallest absolute Gasteiger partial charge is 0.215 e. The van der Waals surface area contributed by atoms with Crippen LogP contribution in [-0.4, -0.2) is 15.8 Å². The first-order chi connectivity index (χ1) is 7.68. The van der Waals surface area contributed by atoms with Gasteiger partial charge in [-0.25, -0.2) is 0 Å². The van der Waals surface area contributed by atoms with E-state index in [4.69, 9.17) is 5.73 Å². The average Bonchev–Trinajstić information content (AvgIpc) is 2.29. The Labute approximate surface area is 93.2 Å². The number of nitrogens with zero attached hydrogens (tertiary/aromatic N) is 2. The van der Waals surface area contributed by atoms with Crippen molar-refractivity contribution in [2.45, 2.75) is 6.92 Å². The summed E-state index contributed by atoms with van der Waals surface area (Å²) in [6.45, 7) is 1.88. The normalized spacial score (nSPS) is 10.1. The van der Waals surface area contributed by atoms with Crippen molar-refractivity contribution in [3.8, 4) is 0 Å². The SMILES string of the molecule is Cc1cncc(C(=O)c2ncccc2N)c1. The lowest BCUT2D eigenvalue weighted by atomic mass is 10.1. The van der Waals surface area contributed by atoms with Crippen LogP contribution in [0.5, 0.6) is 0 Å². The van der Waals surface area contributed by atoms with Gasteiger partial charge in [0.15, 0.2) is 0 Å². The zero-order chi connectivity index (χ0) is 11.5. The lowest BCUT2D eigenvalue weighted by Gasteiger charge is -2.03. The van der Waals surface area contributed by atoms with E-state index in [-0.39, 0.29) is 11.5 Å². The van der Waals surface area contributed by atoms with Gasteiger partial charge in [-0.05, 0) is 30.7 Å². The highest BCUT2D eigenvalue weighted by Crippen LogP contribution is 2.13. The fraction of sp³-hybridized carbons (Fsp3) is 0.0833. The van der Waals surface area contributed by atoms with Crippen molar-refractivity contribution in [2.75, 3.05) is 5.73 Å². The number of aromatic nitrogens is 2. The summed E-state index contributed by atoms with van der Waals surface area (Å²) in [6.07, 6.45) is 4.76. The molecule has 0 saturated carbocycles. The molecule has 0 fully saturated rings. The third-order valence-electron chi connectivity index (χ3n) is 2.19. The van der Waals surface area contributed by atoms with Crippen LogP contribution in [0.4, 0.5) is 5.69 Å². The molecule has 4 heteroatoms. The van der Waals surface area contributed by atoms with Gasteiger partial charge in [-0.1, -0.05) is 0 Å². The van der Waals surface area contributed by atoms with Crippen molar-refractivity contribution in [1.82, 2.24) is 9.97 Å². The summed E-state index contributed by atoms with van der Waals surface area (Å²) in [4.78, 5) is 20.0. The molecule has 0 unspecified atom stereocenters. The van der Waals surface area contributed by atoms with Crippen molar-refractivity contribution in [3.63, 3.8) is 0 Å². The van der Waals surface area contributed by atoms with E-state index in [0.717, 1.165) is 5.56 Å². The molecule has 0 atom stereocenters. The van der Waals surface area contributed by atoms with Crippen LogP contribution in [0.25, 0.3) is 0 Å². The zero-order valence-electron chi connectivity index (χ0n) is 8.84. The summed E-state index contributed by atoms with van der Waals surface area (Å²) in [5.41, 5.74) is 7.79. The fourth-order valence-corrected chi connectivity index (χ4v) is 1.42. The summed E-state index contributed by atoms with van der Waals surface area (Å²) in [7, 11) is 0. The van der Waals surface area contributed by atoms with Gasteiger partial charge in [-0.2, -0.15) is 0 Å². The van der Waals surface area contributed by atoms with E-state index in [1.807, 2.05) is 6.92 Å². The molecular formula is C12H11N3O. The van der Waals surface area contributed by atoms with Crippen LogP contribution in [0.2, 0.25) is 0 Å². The predicted molar refractivity (Wildman–Crippen MR) is 61.1 cm³/mol. The molecule has 0 aliphatic carbocycles. The van der Waals surface area contributed by atoms with Gasteiger partial charge >= 0.3 is 0 Å². The molecule has 0 radical (unpaired) electrons. The first kappa shape index (κ1) is 10.3. The Bertz CT molecular complexity index is 537. The highest BCUT2D eigenvalue weighted by Gasteiger charge is 2.13. The molecule has 0 saturated heterocycles. The number of ketones is 1. The number of rotatable bonds is 2. The quantitative estimate of drug-likeness (QED) is 0.769. The number of carbonyl (C=O) groups is 1. The third kappa shape index (κ3) is 1.91. The second-order valence-corrected chi connectivity index (χ2v) is 3.52. The fourth-order valence-electron chi connectivity index (χ4n) is 1.42. The minimum Gasteiger partial charge on any atom is -0.397 e. The number of anilines is 1. The van der Waals surface area contributed by atoms with E-state index in [1.165, 1.54) is 6.20 Å². The Balaban J connectivity index is 2.44. The molecule has 0 aliphatic rings. The molecule has 0 spiro atoms. The number of hydrogen-bond donors (Lipinski definition) is 1. The standard InChI is InChI=1S/C12H11N3O/c1-8-5-9(7-14-6-8)12(16)11-10(13)3-2-4-15-11/h2-7H,13H2,1H3. The molecule has 0 aromatic carbocycles. The van der Waals surface area contributed by atoms with E-state index in [0.29, 0.717) is 11.3 Å². The maximum atomic E-state index is 12.0. The molecule has 2 N–H and O–H groups in total. The topological polar surface area (TPSA) is 68.9 Å². The van der Waals surface area contributed by atoms with Gasteiger partial charge in [0, 0.05) is 24.2 Å². The molecule has 16 heavy (non-hydrogen) atoms. The van der Waals surface area contributed by atoms with Gasteiger partial charge in [-0.3, -0.25) is 14.8 Å². The summed E-state index contributed by atoms with van der Waals surface area (Å²) in [6, 6.07) is 5.12. The summed E-state index contributed by atoms with van der Waals surface area (Å²) in [5.74, 6) is -0.200. The number of nitrogens with two attached hydrogens (primary N) is 1. The Morgan fingerprint density at radius 3 is 2.88 bits per heavy atom. The van der Waals surface area contributed by atoms with Crippen LogP contribution in [0.15, 0.2) is 36.8 Å². The van der Waals surface area contributed by atoms with Gasteiger partial charge < -0.3 is 5.73 Å². The van der Waals surface area contributed by atoms with E-state index in [1.54, 1.807) is 30.6 Å². The zero-order valence-corrected chi connectivity index (χ0v) is 8.84. The Morgan fingerprint density at radius 1 is 1.38 bits per heavy atom. The molecule has 2 aromatic rings. The predicted octanol–water partition coefficient (Wildman–Crippen LogP) is 1.60. The summed E-state index contributed by atoms with van der Waals surface area (Å²) < 4.78 is 0. The minimum atomic E-state index is -0.200. The van der Waals surface area contributed by atoms with Gasteiger partial charge in [0.05, 0.1) is 5.69 Å². The van der Waals surface area contributed by atoms with Crippen LogP contribution in [0, 0.1) is 6.92 Å². The van der Waals surface area contributed by atoms with Crippen molar-refractivity contribution in [1.29, 1.82) is 0 Å². The average molecular weight is 213 g/mol. The molecule has 4 nitrogen and oxygen atoms in total. The maximum Gasteiger partial charge on any atom is 0.215 e. The molecule has 0 amide bonds. The van der Waals surface area contributed by atoms with E-state index in [2.05, 4.69) is 9.97 Å². The largest absolute Gasteiger partial charge is 0.397 e. The highest BCUT2D eigenvalue weighted by molar-refractivity contribution is 6.10. The third-order valence-corrected chi connectivity index (χ3v) is 2.19. The lowest BCUT2D eigenvalue weighted by molar-refractivity contribution is 0.103. The molecule has 2 aromatic heterocycles. The number of pyridine rings is 2. The highest BCUT2D eigenvalue weighted by atomic mass is 16.1. The Hall–Kier alpha value is -2.23. The Morgan fingerprint density at radius 2 is 2.19 bits per heavy atom. The van der Waals surface area contributed by atoms with Crippen LogP contribution < -0.4 is 5.73 Å². The molecule has 80 valence electrons. The molecule has 2 heterocycles. The number of aryl methyl sites for hydroxylation is 1. The summed E-state index contributed by atoms with van der Waals surface area (Å²) >= 11 is 0. The van der Waals surface area contributed by atoms with E-state index < -0.39 is 0 Å². The Kier molecular flexibility index (Phi) is 2.64. The number of nitrogen functional groups attached to an aromatic ring is 1. The van der Waals surface area contributed by atoms with Crippen LogP contribution in [-0.2, 0) is 0 Å². The second kappa shape index (κ2) is 4.10. The second-order valence-electron chi connectivity index (χ2n) is 3.52. The van der Waals surface area contributed by atoms with Crippen molar-refractivity contribution < 1.29 is 4.79 Å². The van der Waals surface area contributed by atoms with Crippen LogP contribution in [0.3, 0.4) is 0 Å². The number of hydrogen-bond acceptors (Lipinski definition) is 4. The number of carbonyl (C=O) groups excluding carboxylic acids is 1. The molecule has 0 aliphatic heterocycles. The monoisotopic (exact) mass is 213 g/mol. The van der Waals surface area contributed by atoms with Gasteiger partial charge in [0.25, 0.3) is 0 Å². The maximum absolute atomic E-state index is 12.0. The van der Waals surface area contributed by atoms with Gasteiger partial charge in [0.2, 0.25) is 5.78 Å². The lowest BCUT2D eigenvalue weighted by Crippen LogP contribution is -2.08. The first-order valence-corrected chi connectivity index (χ1v) is 4.85. The van der Waals surface area contributed by atoms with Crippen LogP contribution >= 0.6 is 0 Å². The van der Waals surface area contributed by atoms with Crippen molar-refractivity contribution >= 4 is 11.5 Å². The van der Waals surface area contributed by atoms with E-state index >= 15 is 0 Å².